The average Bonchev–Trinajstić information content (AvgIpc) is 3.85. The molecule has 44 heavy (non-hydrogen) atoms. The molecule has 0 aliphatic heterocycles. The van der Waals surface area contributed by atoms with E-state index < -0.39 is 0 Å². The van der Waals surface area contributed by atoms with E-state index in [9.17, 15) is 4.79 Å². The molecule has 11 nitrogen and oxygen atoms in total. The molecule has 0 bridgehead atoms. The van der Waals surface area contributed by atoms with Gasteiger partial charge in [0.25, 0.3) is 0 Å². The first-order chi connectivity index (χ1) is 21.5. The quantitative estimate of drug-likeness (QED) is 0.176. The molecule has 7 rings (SSSR count). The van der Waals surface area contributed by atoms with Gasteiger partial charge in [-0.15, -0.1) is 0 Å². The van der Waals surface area contributed by atoms with Crippen LogP contribution >= 0.6 is 0 Å². The summed E-state index contributed by atoms with van der Waals surface area (Å²) in [6.07, 6.45) is 4.05. The summed E-state index contributed by atoms with van der Waals surface area (Å²) in [5, 5.41) is 8.09. The van der Waals surface area contributed by atoms with E-state index in [1.165, 1.54) is 0 Å². The second kappa shape index (κ2) is 12.8. The smallest absolute Gasteiger partial charge is 0.306 e. The van der Waals surface area contributed by atoms with Crippen molar-refractivity contribution in [1.82, 2.24) is 30.2 Å². The Morgan fingerprint density at radius 1 is 0.795 bits per heavy atom. The third kappa shape index (κ3) is 6.13. The Labute approximate surface area is 252 Å². The van der Waals surface area contributed by atoms with Crippen LogP contribution in [0.1, 0.15) is 34.9 Å². The van der Waals surface area contributed by atoms with Crippen LogP contribution in [0.3, 0.4) is 0 Å². The Hall–Kier alpha value is -5.55. The van der Waals surface area contributed by atoms with E-state index in [4.69, 9.17) is 19.5 Å². The van der Waals surface area contributed by atoms with E-state index in [1.807, 2.05) is 80.6 Å². The van der Waals surface area contributed by atoms with Crippen LogP contribution in [0, 0.1) is 13.8 Å². The Balaban J connectivity index is 0.000000173. The Kier molecular flexibility index (Phi) is 8.28. The highest BCUT2D eigenvalue weighted by atomic mass is 16.5. The lowest BCUT2D eigenvalue weighted by Crippen LogP contribution is -2.06. The third-order valence-electron chi connectivity index (χ3n) is 7.29. The average molecular weight is 590 g/mol. The predicted molar refractivity (Wildman–Crippen MR) is 165 cm³/mol. The van der Waals surface area contributed by atoms with Crippen molar-refractivity contribution < 1.29 is 18.6 Å². The first kappa shape index (κ1) is 28.6. The number of esters is 1. The van der Waals surface area contributed by atoms with Gasteiger partial charge >= 0.3 is 5.97 Å². The van der Waals surface area contributed by atoms with Crippen molar-refractivity contribution in [2.75, 3.05) is 0 Å². The fraction of sp³-hybridized carbons (Fsp3) is 0.182. The number of imidazole rings is 2. The summed E-state index contributed by atoms with van der Waals surface area (Å²) in [5.41, 5.74) is 15.9. The van der Waals surface area contributed by atoms with E-state index in [-0.39, 0.29) is 19.0 Å². The number of nitrogens with one attached hydrogen (secondary N) is 2. The first-order valence-corrected chi connectivity index (χ1v) is 14.2. The summed E-state index contributed by atoms with van der Waals surface area (Å²) in [6.45, 7) is 4.41. The topological polar surface area (TPSA) is 162 Å². The second-order valence-corrected chi connectivity index (χ2v) is 10.2. The van der Waals surface area contributed by atoms with Gasteiger partial charge in [-0.25, -0.2) is 9.97 Å². The number of fused-ring (bicyclic) bond motifs is 2. The summed E-state index contributed by atoms with van der Waals surface area (Å²) in [4.78, 5) is 26.7. The van der Waals surface area contributed by atoms with Gasteiger partial charge in [0.1, 0.15) is 23.8 Å². The molecular weight excluding hydrogens is 558 g/mol. The number of aryl methyl sites for hydroxylation is 3. The van der Waals surface area contributed by atoms with Gasteiger partial charge in [0.2, 0.25) is 0 Å². The summed E-state index contributed by atoms with van der Waals surface area (Å²) in [5.74, 6) is 1.25. The van der Waals surface area contributed by atoms with Crippen molar-refractivity contribution in [3.05, 3.63) is 108 Å². The zero-order valence-corrected chi connectivity index (χ0v) is 24.3. The zero-order chi connectivity index (χ0) is 30.5. The highest BCUT2D eigenvalue weighted by molar-refractivity contribution is 5.83. The Bertz CT molecular complexity index is 2020. The van der Waals surface area contributed by atoms with E-state index in [2.05, 4.69) is 30.2 Å². The summed E-state index contributed by atoms with van der Waals surface area (Å²) >= 11 is 0. The van der Waals surface area contributed by atoms with Crippen LogP contribution in [0.15, 0.2) is 88.4 Å². The molecule has 222 valence electrons. The molecule has 4 N–H and O–H groups in total. The van der Waals surface area contributed by atoms with Crippen LogP contribution in [-0.4, -0.2) is 36.2 Å². The standard InChI is InChI=1S/C21H19N3O3.C12H12N4O/c1-14-21(16-7-8-17-19(11-16)23-13-22-17)18(24-27-14)9-10-20(25)26-12-15-5-3-2-4-6-15;1-7-12(11(5-13)16-17-7)8-2-3-9-10(4-8)15-6-14-9/h2-8,11,13H,9-10,12H2,1H3,(H,22,23);2-4,6H,5,13H2,1H3,(H,14,15). The molecule has 0 atom stereocenters. The molecule has 0 saturated carbocycles. The number of benzene rings is 3. The van der Waals surface area contributed by atoms with Crippen molar-refractivity contribution in [3.63, 3.8) is 0 Å². The largest absolute Gasteiger partial charge is 0.461 e. The van der Waals surface area contributed by atoms with Crippen molar-refractivity contribution in [3.8, 4) is 22.3 Å². The number of carbonyl (C=O) groups is 1. The van der Waals surface area contributed by atoms with E-state index >= 15 is 0 Å². The molecule has 0 unspecified atom stereocenters. The maximum absolute atomic E-state index is 12.1. The highest BCUT2D eigenvalue weighted by Gasteiger charge is 2.17. The maximum Gasteiger partial charge on any atom is 0.306 e. The van der Waals surface area contributed by atoms with Crippen molar-refractivity contribution in [2.45, 2.75) is 39.8 Å². The van der Waals surface area contributed by atoms with Gasteiger partial charge in [-0.05, 0) is 54.8 Å². The number of aromatic nitrogens is 6. The van der Waals surface area contributed by atoms with Gasteiger partial charge in [-0.3, -0.25) is 4.79 Å². The minimum atomic E-state index is -0.255. The van der Waals surface area contributed by atoms with Crippen LogP contribution in [0.4, 0.5) is 0 Å². The minimum Gasteiger partial charge on any atom is -0.461 e. The SMILES string of the molecule is Cc1onc(CCC(=O)OCc2ccccc2)c1-c1ccc2nc[nH]c2c1.Cc1onc(CN)c1-c1ccc2nc[nH]c2c1. The molecule has 7 aromatic rings. The van der Waals surface area contributed by atoms with Crippen molar-refractivity contribution in [1.29, 1.82) is 0 Å². The molecule has 11 heteroatoms. The molecule has 0 spiro atoms. The number of ether oxygens (including phenoxy) is 1. The number of nitrogens with two attached hydrogens (primary N) is 1. The lowest BCUT2D eigenvalue weighted by Gasteiger charge is -2.05. The molecule has 0 saturated heterocycles. The zero-order valence-electron chi connectivity index (χ0n) is 24.3. The van der Waals surface area contributed by atoms with Gasteiger partial charge in [0.15, 0.2) is 0 Å². The molecular formula is C33H31N7O4. The number of carbonyl (C=O) groups excluding carboxylic acids is 1. The molecule has 0 radical (unpaired) electrons. The highest BCUT2D eigenvalue weighted by Crippen LogP contribution is 2.31. The summed E-state index contributed by atoms with van der Waals surface area (Å²) in [6, 6.07) is 21.6. The number of hydrogen-bond donors (Lipinski definition) is 3. The van der Waals surface area contributed by atoms with Crippen LogP contribution < -0.4 is 5.73 Å². The van der Waals surface area contributed by atoms with E-state index in [0.717, 1.165) is 72.8 Å². The minimum absolute atomic E-state index is 0.248. The van der Waals surface area contributed by atoms with Gasteiger partial charge in [-0.2, -0.15) is 0 Å². The van der Waals surface area contributed by atoms with Gasteiger partial charge in [0.05, 0.1) is 46.8 Å². The van der Waals surface area contributed by atoms with E-state index in [0.29, 0.717) is 13.0 Å². The normalized spacial score (nSPS) is 11.1. The molecule has 0 aliphatic carbocycles. The molecule has 4 heterocycles. The lowest BCUT2D eigenvalue weighted by atomic mass is 10.0. The number of hydrogen-bond acceptors (Lipinski definition) is 9. The van der Waals surface area contributed by atoms with Crippen LogP contribution in [-0.2, 0) is 29.1 Å². The summed E-state index contributed by atoms with van der Waals surface area (Å²) in [7, 11) is 0. The first-order valence-electron chi connectivity index (χ1n) is 14.2. The third-order valence-corrected chi connectivity index (χ3v) is 7.29. The van der Waals surface area contributed by atoms with Crippen molar-refractivity contribution in [2.24, 2.45) is 5.73 Å². The van der Waals surface area contributed by atoms with Crippen LogP contribution in [0.2, 0.25) is 0 Å². The fourth-order valence-corrected chi connectivity index (χ4v) is 5.10. The molecule has 0 fully saturated rings. The predicted octanol–water partition coefficient (Wildman–Crippen LogP) is 6.19. The number of rotatable bonds is 8. The summed E-state index contributed by atoms with van der Waals surface area (Å²) < 4.78 is 15.9. The Morgan fingerprint density at radius 2 is 1.36 bits per heavy atom. The van der Waals surface area contributed by atoms with Gasteiger partial charge in [-0.1, -0.05) is 52.8 Å². The van der Waals surface area contributed by atoms with Gasteiger partial charge in [0, 0.05) is 24.1 Å². The Morgan fingerprint density at radius 3 is 1.95 bits per heavy atom. The van der Waals surface area contributed by atoms with Gasteiger partial charge < -0.3 is 29.5 Å². The van der Waals surface area contributed by atoms with Crippen LogP contribution in [0.5, 0.6) is 0 Å². The molecule has 0 aliphatic rings. The maximum atomic E-state index is 12.1. The molecule has 4 aromatic heterocycles. The van der Waals surface area contributed by atoms with Crippen molar-refractivity contribution >= 4 is 28.0 Å². The molecule has 3 aromatic carbocycles. The number of H-pyrrole nitrogens is 2. The van der Waals surface area contributed by atoms with E-state index in [1.54, 1.807) is 12.7 Å². The monoisotopic (exact) mass is 589 g/mol. The second-order valence-electron chi connectivity index (χ2n) is 10.2. The fourth-order valence-electron chi connectivity index (χ4n) is 5.10. The number of nitrogens with zero attached hydrogens (tertiary/aromatic N) is 4. The number of aromatic amines is 2. The van der Waals surface area contributed by atoms with Crippen LogP contribution in [0.25, 0.3) is 44.3 Å². The lowest BCUT2D eigenvalue weighted by molar-refractivity contribution is -0.144. The molecule has 0 amide bonds.